The Hall–Kier alpha value is -2.56. The lowest BCUT2D eigenvalue weighted by Crippen LogP contribution is -2.32. The number of benzene rings is 1. The van der Waals surface area contributed by atoms with Gasteiger partial charge in [-0.1, -0.05) is 23.8 Å². The number of nitrogens with one attached hydrogen (secondary N) is 2. The van der Waals surface area contributed by atoms with E-state index in [1.807, 2.05) is 51.1 Å². The Bertz CT molecular complexity index is 641. The summed E-state index contributed by atoms with van der Waals surface area (Å²) < 4.78 is 5.54. The van der Waals surface area contributed by atoms with Crippen LogP contribution in [0.25, 0.3) is 0 Å². The Balaban J connectivity index is 1.83. The van der Waals surface area contributed by atoms with Crippen molar-refractivity contribution >= 4 is 11.8 Å². The van der Waals surface area contributed by atoms with Crippen molar-refractivity contribution in [3.05, 3.63) is 53.2 Å². The van der Waals surface area contributed by atoms with Crippen molar-refractivity contribution < 1.29 is 9.53 Å². The van der Waals surface area contributed by atoms with Crippen LogP contribution in [0.1, 0.15) is 16.7 Å². The smallest absolute Gasteiger partial charge is 0.323 e. The molecule has 0 unspecified atom stereocenters. The largest absolute Gasteiger partial charge is 0.473 e. The van der Waals surface area contributed by atoms with Crippen molar-refractivity contribution in [3.63, 3.8) is 0 Å². The number of carbonyl (C=O) groups is 1. The third kappa shape index (κ3) is 4.21. The molecule has 5 nitrogen and oxygen atoms in total. The van der Waals surface area contributed by atoms with Gasteiger partial charge in [-0.2, -0.15) is 0 Å². The maximum absolute atomic E-state index is 11.8. The second-order valence-electron chi connectivity index (χ2n) is 4.86. The van der Waals surface area contributed by atoms with Gasteiger partial charge in [-0.25, -0.2) is 9.78 Å². The maximum atomic E-state index is 11.8. The number of ether oxygens (including phenoxy) is 1. The van der Waals surface area contributed by atoms with E-state index in [0.717, 1.165) is 16.9 Å². The highest BCUT2D eigenvalue weighted by Crippen LogP contribution is 2.18. The first-order chi connectivity index (χ1) is 10.1. The van der Waals surface area contributed by atoms with E-state index < -0.39 is 0 Å². The van der Waals surface area contributed by atoms with Crippen molar-refractivity contribution in [1.82, 2.24) is 10.3 Å². The number of amides is 2. The lowest BCUT2D eigenvalue weighted by atomic mass is 10.1. The van der Waals surface area contributed by atoms with Crippen LogP contribution in [0.5, 0.6) is 5.75 Å². The Morgan fingerprint density at radius 2 is 2.00 bits per heavy atom. The van der Waals surface area contributed by atoms with Gasteiger partial charge in [-0.15, -0.1) is 0 Å². The molecule has 0 spiro atoms. The van der Waals surface area contributed by atoms with E-state index >= 15 is 0 Å². The summed E-state index contributed by atoms with van der Waals surface area (Å²) in [4.78, 5) is 15.8. The third-order valence-electron chi connectivity index (χ3n) is 3.03. The molecule has 21 heavy (non-hydrogen) atoms. The molecule has 0 radical (unpaired) electrons. The van der Waals surface area contributed by atoms with Crippen LogP contribution in [0.2, 0.25) is 0 Å². The molecule has 0 saturated carbocycles. The third-order valence-corrected chi connectivity index (χ3v) is 3.03. The Labute approximate surface area is 124 Å². The topological polar surface area (TPSA) is 63.2 Å². The van der Waals surface area contributed by atoms with Crippen LogP contribution in [0.4, 0.5) is 10.6 Å². The van der Waals surface area contributed by atoms with Crippen LogP contribution in [0, 0.1) is 20.8 Å². The quantitative estimate of drug-likeness (QED) is 0.848. The average Bonchev–Trinajstić information content (AvgIpc) is 2.44. The summed E-state index contributed by atoms with van der Waals surface area (Å²) in [5, 5.41) is 5.32. The standard InChI is InChI=1S/C16H19N3O2/c1-11-6-7-14(13(3)9-11)21-10-18-16(20)19-15-12(2)5-4-8-17-15/h4-9H,10H2,1-3H3,(H2,17,18,19,20). The minimum Gasteiger partial charge on any atom is -0.473 e. The summed E-state index contributed by atoms with van der Waals surface area (Å²) in [5.74, 6) is 1.30. The molecule has 0 atom stereocenters. The lowest BCUT2D eigenvalue weighted by Gasteiger charge is -2.12. The molecule has 0 bridgehead atoms. The van der Waals surface area contributed by atoms with E-state index in [0.29, 0.717) is 5.82 Å². The average molecular weight is 285 g/mol. The maximum Gasteiger partial charge on any atom is 0.323 e. The molecule has 5 heteroatoms. The van der Waals surface area contributed by atoms with Gasteiger partial charge < -0.3 is 10.1 Å². The second kappa shape index (κ2) is 6.74. The molecule has 1 aromatic carbocycles. The van der Waals surface area contributed by atoms with Gasteiger partial charge in [-0.05, 0) is 44.0 Å². The minimum atomic E-state index is -0.346. The van der Waals surface area contributed by atoms with E-state index in [1.165, 1.54) is 5.56 Å². The summed E-state index contributed by atoms with van der Waals surface area (Å²) in [6, 6.07) is 9.26. The van der Waals surface area contributed by atoms with E-state index in [9.17, 15) is 4.79 Å². The first-order valence-corrected chi connectivity index (χ1v) is 6.73. The molecule has 0 saturated heterocycles. The molecule has 2 amide bonds. The summed E-state index contributed by atoms with van der Waals surface area (Å²) in [7, 11) is 0. The molecular formula is C16H19N3O2. The van der Waals surface area contributed by atoms with Gasteiger partial charge in [0.15, 0.2) is 6.73 Å². The van der Waals surface area contributed by atoms with Crippen LogP contribution in [-0.2, 0) is 0 Å². The van der Waals surface area contributed by atoms with Gasteiger partial charge in [0.2, 0.25) is 0 Å². The highest BCUT2D eigenvalue weighted by Gasteiger charge is 2.05. The van der Waals surface area contributed by atoms with E-state index in [4.69, 9.17) is 4.74 Å². The predicted octanol–water partition coefficient (Wildman–Crippen LogP) is 3.16. The number of nitrogens with zero attached hydrogens (tertiary/aromatic N) is 1. The minimum absolute atomic E-state index is 0.0988. The molecule has 1 heterocycles. The highest BCUT2D eigenvalue weighted by molar-refractivity contribution is 5.88. The number of aromatic nitrogens is 1. The first kappa shape index (κ1) is 14.8. The van der Waals surface area contributed by atoms with Crippen molar-refractivity contribution in [2.75, 3.05) is 12.0 Å². The highest BCUT2D eigenvalue weighted by atomic mass is 16.5. The van der Waals surface area contributed by atoms with Gasteiger partial charge in [0.05, 0.1) is 0 Å². The van der Waals surface area contributed by atoms with Crippen molar-refractivity contribution in [1.29, 1.82) is 0 Å². The summed E-state index contributed by atoms with van der Waals surface area (Å²) in [6.07, 6.45) is 1.63. The molecule has 0 fully saturated rings. The summed E-state index contributed by atoms with van der Waals surface area (Å²) in [5.41, 5.74) is 3.12. The van der Waals surface area contributed by atoms with Crippen LogP contribution in [0.15, 0.2) is 36.5 Å². The van der Waals surface area contributed by atoms with Gasteiger partial charge in [0, 0.05) is 6.20 Å². The molecule has 0 aliphatic heterocycles. The summed E-state index contributed by atoms with van der Waals surface area (Å²) in [6.45, 7) is 5.98. The Morgan fingerprint density at radius 1 is 1.19 bits per heavy atom. The van der Waals surface area contributed by atoms with Crippen molar-refractivity contribution in [2.24, 2.45) is 0 Å². The number of rotatable bonds is 4. The fourth-order valence-corrected chi connectivity index (χ4v) is 1.91. The number of hydrogen-bond acceptors (Lipinski definition) is 3. The number of hydrogen-bond donors (Lipinski definition) is 2. The number of carbonyl (C=O) groups excluding carboxylic acids is 1. The normalized spacial score (nSPS) is 10.0. The van der Waals surface area contributed by atoms with E-state index in [1.54, 1.807) is 6.20 Å². The van der Waals surface area contributed by atoms with Gasteiger partial charge in [-0.3, -0.25) is 5.32 Å². The van der Waals surface area contributed by atoms with Gasteiger partial charge in [0.25, 0.3) is 0 Å². The van der Waals surface area contributed by atoms with Crippen molar-refractivity contribution in [2.45, 2.75) is 20.8 Å². The Kier molecular flexibility index (Phi) is 4.77. The predicted molar refractivity (Wildman–Crippen MR) is 82.5 cm³/mol. The molecule has 1 aromatic heterocycles. The molecule has 0 aliphatic carbocycles. The second-order valence-corrected chi connectivity index (χ2v) is 4.86. The SMILES string of the molecule is Cc1ccc(OCNC(=O)Nc2ncccc2C)c(C)c1. The van der Waals surface area contributed by atoms with Gasteiger partial charge in [0.1, 0.15) is 11.6 Å². The van der Waals surface area contributed by atoms with E-state index in [-0.39, 0.29) is 12.8 Å². The van der Waals surface area contributed by atoms with Crippen LogP contribution in [-0.4, -0.2) is 17.7 Å². The zero-order valence-corrected chi connectivity index (χ0v) is 12.4. The van der Waals surface area contributed by atoms with Crippen LogP contribution in [0.3, 0.4) is 0 Å². The van der Waals surface area contributed by atoms with E-state index in [2.05, 4.69) is 15.6 Å². The van der Waals surface area contributed by atoms with Crippen LogP contribution < -0.4 is 15.4 Å². The van der Waals surface area contributed by atoms with Crippen molar-refractivity contribution in [3.8, 4) is 5.75 Å². The molecule has 2 N–H and O–H groups in total. The molecular weight excluding hydrogens is 266 g/mol. The Morgan fingerprint density at radius 3 is 2.71 bits per heavy atom. The fourth-order valence-electron chi connectivity index (χ4n) is 1.91. The zero-order chi connectivity index (χ0) is 15.2. The van der Waals surface area contributed by atoms with Gasteiger partial charge >= 0.3 is 6.03 Å². The number of pyridine rings is 1. The number of aryl methyl sites for hydroxylation is 3. The monoisotopic (exact) mass is 285 g/mol. The molecule has 2 rings (SSSR count). The number of urea groups is 1. The number of anilines is 1. The zero-order valence-electron chi connectivity index (χ0n) is 12.4. The fraction of sp³-hybridized carbons (Fsp3) is 0.250. The lowest BCUT2D eigenvalue weighted by molar-refractivity contribution is 0.234. The van der Waals surface area contributed by atoms with Crippen LogP contribution >= 0.6 is 0 Å². The molecule has 0 aliphatic rings. The molecule has 2 aromatic rings. The summed E-state index contributed by atoms with van der Waals surface area (Å²) >= 11 is 0. The molecule has 110 valence electrons. The first-order valence-electron chi connectivity index (χ1n) is 6.73.